The molecule has 4 aliphatic heterocycles. The molecular weight excluding hydrogens is 370 g/mol. The summed E-state index contributed by atoms with van der Waals surface area (Å²) in [6.07, 6.45) is 7.89. The van der Waals surface area contributed by atoms with Crippen LogP contribution in [0.1, 0.15) is 38.5 Å². The van der Waals surface area contributed by atoms with Crippen molar-refractivity contribution in [2.75, 3.05) is 85.7 Å². The second-order valence-electron chi connectivity index (χ2n) is 8.18. The van der Waals surface area contributed by atoms with E-state index in [2.05, 4.69) is 11.9 Å². The fourth-order valence-electron chi connectivity index (χ4n) is 3.24. The predicted octanol–water partition coefficient (Wildman–Crippen LogP) is -1.01. The number of morpholine rings is 1. The fourth-order valence-corrected chi connectivity index (χ4v) is 3.24. The van der Waals surface area contributed by atoms with Crippen molar-refractivity contribution in [1.82, 2.24) is 24.9 Å². The van der Waals surface area contributed by atoms with E-state index in [-0.39, 0.29) is 0 Å². The molecule has 0 aromatic rings. The summed E-state index contributed by atoms with van der Waals surface area (Å²) in [6.45, 7) is 12.0. The highest BCUT2D eigenvalue weighted by molar-refractivity contribution is 4.63. The van der Waals surface area contributed by atoms with Crippen molar-refractivity contribution in [1.29, 1.82) is 0 Å². The Kier molecular flexibility index (Phi) is 15.9. The molecule has 0 amide bonds. The predicted molar refractivity (Wildman–Crippen MR) is 119 cm³/mol. The Morgan fingerprint density at radius 3 is 1.14 bits per heavy atom. The number of ether oxygens (including phenoxy) is 1. The van der Waals surface area contributed by atoms with Crippen molar-refractivity contribution in [3.8, 4) is 0 Å². The largest absolute Gasteiger partial charge is 0.379 e. The van der Waals surface area contributed by atoms with Gasteiger partial charge in [-0.05, 0) is 32.7 Å². The van der Waals surface area contributed by atoms with Crippen LogP contribution in [0.5, 0.6) is 0 Å². The highest BCUT2D eigenvalue weighted by Crippen LogP contribution is 2.05. The Morgan fingerprint density at radius 1 is 0.448 bits per heavy atom. The first kappa shape index (κ1) is 26.6. The summed E-state index contributed by atoms with van der Waals surface area (Å²) in [4.78, 5) is 2.28. The van der Waals surface area contributed by atoms with E-state index in [9.17, 15) is 0 Å². The van der Waals surface area contributed by atoms with Crippen molar-refractivity contribution in [2.45, 2.75) is 38.5 Å². The standard InChI is InChI=1S/C6H14N2.C5H13N3.C4H10N2O.C4H10N2/c7-8-5-3-1-2-4-6-8;1-7-2-4-8(6)5-3-7;5-6-1-3-7-4-2-6;5-6-3-1-2-4-6/h1-7H2;2-6H2,1H3;1-5H2;1-5H2. The molecule has 0 aromatic heterocycles. The third kappa shape index (κ3) is 16.0. The van der Waals surface area contributed by atoms with Crippen LogP contribution in [0.15, 0.2) is 0 Å². The molecule has 0 saturated carbocycles. The van der Waals surface area contributed by atoms with E-state index in [0.717, 1.165) is 78.7 Å². The van der Waals surface area contributed by atoms with Crippen molar-refractivity contribution in [3.63, 3.8) is 0 Å². The molecule has 4 fully saturated rings. The molecule has 10 nitrogen and oxygen atoms in total. The second-order valence-corrected chi connectivity index (χ2v) is 8.18. The minimum absolute atomic E-state index is 0.788. The molecular formula is C19H47N9O. The number of piperazine rings is 1. The Labute approximate surface area is 177 Å². The molecule has 0 bridgehead atoms. The zero-order valence-electron chi connectivity index (χ0n) is 18.7. The van der Waals surface area contributed by atoms with Crippen LogP contribution in [0.25, 0.3) is 0 Å². The van der Waals surface area contributed by atoms with E-state index in [0.29, 0.717) is 0 Å². The average Bonchev–Trinajstić information content (AvgIpc) is 3.07. The van der Waals surface area contributed by atoms with Gasteiger partial charge in [0.15, 0.2) is 0 Å². The van der Waals surface area contributed by atoms with Gasteiger partial charge < -0.3 is 9.64 Å². The minimum Gasteiger partial charge on any atom is -0.379 e. The van der Waals surface area contributed by atoms with E-state index < -0.39 is 0 Å². The summed E-state index contributed by atoms with van der Waals surface area (Å²) in [6, 6.07) is 0. The van der Waals surface area contributed by atoms with Crippen LogP contribution in [0.4, 0.5) is 0 Å². The van der Waals surface area contributed by atoms with Gasteiger partial charge in [0.05, 0.1) is 13.2 Å². The van der Waals surface area contributed by atoms with Crippen LogP contribution in [-0.2, 0) is 4.74 Å². The normalized spacial score (nSPS) is 25.6. The maximum atomic E-state index is 5.57. The quantitative estimate of drug-likeness (QED) is 0.364. The smallest absolute Gasteiger partial charge is 0.0608 e. The van der Waals surface area contributed by atoms with Gasteiger partial charge in [-0.3, -0.25) is 23.4 Å². The minimum atomic E-state index is 0.788. The molecule has 4 aliphatic rings. The van der Waals surface area contributed by atoms with Crippen LogP contribution >= 0.6 is 0 Å². The number of hydrogen-bond acceptors (Lipinski definition) is 10. The van der Waals surface area contributed by atoms with Gasteiger partial charge in [-0.1, -0.05) is 12.8 Å². The van der Waals surface area contributed by atoms with Crippen LogP contribution in [0.3, 0.4) is 0 Å². The second kappa shape index (κ2) is 17.3. The van der Waals surface area contributed by atoms with Crippen molar-refractivity contribution < 1.29 is 4.74 Å². The molecule has 0 spiro atoms. The van der Waals surface area contributed by atoms with Gasteiger partial charge in [0, 0.05) is 65.4 Å². The first-order valence-electron chi connectivity index (χ1n) is 11.2. The van der Waals surface area contributed by atoms with Gasteiger partial charge >= 0.3 is 0 Å². The highest BCUT2D eigenvalue weighted by Gasteiger charge is 2.08. The number of hydrazine groups is 4. The maximum Gasteiger partial charge on any atom is 0.0608 e. The van der Waals surface area contributed by atoms with Gasteiger partial charge in [-0.25, -0.2) is 20.0 Å². The molecule has 8 N–H and O–H groups in total. The molecule has 0 radical (unpaired) electrons. The lowest BCUT2D eigenvalue weighted by Crippen LogP contribution is -2.47. The molecule has 174 valence electrons. The lowest BCUT2D eigenvalue weighted by atomic mass is 10.2. The van der Waals surface area contributed by atoms with Gasteiger partial charge in [0.2, 0.25) is 0 Å². The number of hydrogen-bond donors (Lipinski definition) is 4. The van der Waals surface area contributed by atoms with Crippen LogP contribution < -0.4 is 23.4 Å². The first-order chi connectivity index (χ1) is 14.0. The van der Waals surface area contributed by atoms with Gasteiger partial charge in [0.25, 0.3) is 0 Å². The lowest BCUT2D eigenvalue weighted by Gasteiger charge is -2.28. The van der Waals surface area contributed by atoms with E-state index in [1.807, 2.05) is 15.0 Å². The summed E-state index contributed by atoms with van der Waals surface area (Å²) in [5, 5.41) is 7.41. The Balaban J connectivity index is 0.000000194. The van der Waals surface area contributed by atoms with Crippen LogP contribution in [0, 0.1) is 0 Å². The highest BCUT2D eigenvalue weighted by atomic mass is 16.5. The first-order valence-corrected chi connectivity index (χ1v) is 11.2. The number of likely N-dealkylation sites (N-methyl/N-ethyl adjacent to an activating group) is 1. The van der Waals surface area contributed by atoms with Gasteiger partial charge in [-0.15, -0.1) is 0 Å². The maximum absolute atomic E-state index is 5.57. The third-order valence-corrected chi connectivity index (χ3v) is 5.36. The molecule has 29 heavy (non-hydrogen) atoms. The molecule has 4 heterocycles. The fraction of sp³-hybridized carbons (Fsp3) is 1.00. The molecule has 4 saturated heterocycles. The number of rotatable bonds is 0. The molecule has 0 aromatic carbocycles. The zero-order valence-corrected chi connectivity index (χ0v) is 18.7. The Morgan fingerprint density at radius 2 is 0.793 bits per heavy atom. The number of nitrogens with two attached hydrogens (primary N) is 4. The van der Waals surface area contributed by atoms with E-state index in [1.54, 1.807) is 5.01 Å². The zero-order chi connectivity index (χ0) is 21.3. The Bertz CT molecular complexity index is 340. The summed E-state index contributed by atoms with van der Waals surface area (Å²) in [7, 11) is 2.12. The van der Waals surface area contributed by atoms with Crippen LogP contribution in [-0.4, -0.2) is 111 Å². The van der Waals surface area contributed by atoms with Gasteiger partial charge in [0.1, 0.15) is 0 Å². The summed E-state index contributed by atoms with van der Waals surface area (Å²) in [5.41, 5.74) is 0. The van der Waals surface area contributed by atoms with Crippen molar-refractivity contribution in [3.05, 3.63) is 0 Å². The number of nitrogens with zero attached hydrogens (tertiary/aromatic N) is 5. The lowest BCUT2D eigenvalue weighted by molar-refractivity contribution is 0.0378. The molecule has 0 aliphatic carbocycles. The third-order valence-electron chi connectivity index (χ3n) is 5.36. The molecule has 4 rings (SSSR count). The van der Waals surface area contributed by atoms with E-state index >= 15 is 0 Å². The molecule has 0 atom stereocenters. The van der Waals surface area contributed by atoms with Gasteiger partial charge in [-0.2, -0.15) is 0 Å². The van der Waals surface area contributed by atoms with E-state index in [4.69, 9.17) is 28.1 Å². The summed E-state index contributed by atoms with van der Waals surface area (Å²) < 4.78 is 5.02. The SMILES string of the molecule is CN1CCN(N)CC1.NN1CCCC1.NN1CCCCCC1.NN1CCOCC1. The monoisotopic (exact) mass is 417 g/mol. The van der Waals surface area contributed by atoms with Crippen molar-refractivity contribution >= 4 is 0 Å². The van der Waals surface area contributed by atoms with Crippen molar-refractivity contribution in [2.24, 2.45) is 23.4 Å². The van der Waals surface area contributed by atoms with Crippen LogP contribution in [0.2, 0.25) is 0 Å². The average molecular weight is 418 g/mol. The van der Waals surface area contributed by atoms with E-state index in [1.165, 1.54) is 38.5 Å². The Hall–Kier alpha value is -0.400. The molecule has 10 heteroatoms. The summed E-state index contributed by atoms with van der Waals surface area (Å²) >= 11 is 0. The summed E-state index contributed by atoms with van der Waals surface area (Å²) in [5.74, 6) is 21.8. The molecule has 0 unspecified atom stereocenters. The topological polar surface area (TPSA) is 130 Å².